The van der Waals surface area contributed by atoms with E-state index in [0.29, 0.717) is 5.92 Å². The molecule has 3 atom stereocenters. The number of nitrogens with two attached hydrogens (primary N) is 1. The maximum absolute atomic E-state index is 5.88. The highest BCUT2D eigenvalue weighted by Gasteiger charge is 2.38. The van der Waals surface area contributed by atoms with E-state index in [1.165, 1.54) is 19.3 Å². The lowest BCUT2D eigenvalue weighted by Crippen LogP contribution is -2.55. The second kappa shape index (κ2) is 5.10. The quantitative estimate of drug-likeness (QED) is 0.699. The third kappa shape index (κ3) is 2.47. The van der Waals surface area contributed by atoms with Gasteiger partial charge in [-0.25, -0.2) is 0 Å². The molecule has 1 saturated carbocycles. The zero-order valence-corrected chi connectivity index (χ0v) is 9.68. The van der Waals surface area contributed by atoms with Crippen LogP contribution >= 0.6 is 0 Å². The fourth-order valence-electron chi connectivity index (χ4n) is 2.31. The average Bonchev–Trinajstić information content (AvgIpc) is 2.57. The predicted molar refractivity (Wildman–Crippen MR) is 59.3 cm³/mol. The summed E-state index contributed by atoms with van der Waals surface area (Å²) in [7, 11) is 1.75. The van der Waals surface area contributed by atoms with Crippen molar-refractivity contribution in [1.29, 1.82) is 0 Å². The highest BCUT2D eigenvalue weighted by atomic mass is 16.5. The number of rotatable bonds is 5. The molecule has 3 heteroatoms. The molecule has 0 aliphatic heterocycles. The maximum Gasteiger partial charge on any atom is 0.0667 e. The Balaban J connectivity index is 2.45. The summed E-state index contributed by atoms with van der Waals surface area (Å²) in [5.41, 5.74) is 6.06. The van der Waals surface area contributed by atoms with Gasteiger partial charge < -0.3 is 15.8 Å². The lowest BCUT2D eigenvalue weighted by molar-refractivity contribution is 0.102. The van der Waals surface area contributed by atoms with Gasteiger partial charge in [-0.05, 0) is 25.7 Å². The first-order valence-electron chi connectivity index (χ1n) is 5.62. The van der Waals surface area contributed by atoms with E-state index in [0.717, 1.165) is 13.1 Å². The summed E-state index contributed by atoms with van der Waals surface area (Å²) in [4.78, 5) is 0. The summed E-state index contributed by atoms with van der Waals surface area (Å²) in [5, 5.41) is 3.60. The molecule has 0 aromatic carbocycles. The van der Waals surface area contributed by atoms with Crippen molar-refractivity contribution in [3.8, 4) is 0 Å². The van der Waals surface area contributed by atoms with E-state index >= 15 is 0 Å². The molecule has 1 fully saturated rings. The van der Waals surface area contributed by atoms with Gasteiger partial charge in [-0.15, -0.1) is 0 Å². The lowest BCUT2D eigenvalue weighted by Gasteiger charge is -2.34. The minimum atomic E-state index is 0.173. The minimum absolute atomic E-state index is 0.173. The van der Waals surface area contributed by atoms with Crippen molar-refractivity contribution < 1.29 is 4.74 Å². The molecule has 0 saturated heterocycles. The van der Waals surface area contributed by atoms with E-state index in [2.05, 4.69) is 19.2 Å². The Hall–Kier alpha value is -0.120. The van der Waals surface area contributed by atoms with Gasteiger partial charge in [0.1, 0.15) is 0 Å². The van der Waals surface area contributed by atoms with Gasteiger partial charge in [0, 0.05) is 25.7 Å². The third-order valence-electron chi connectivity index (χ3n) is 3.71. The average molecular weight is 200 g/mol. The molecule has 1 aliphatic rings. The van der Waals surface area contributed by atoms with E-state index in [4.69, 9.17) is 10.5 Å². The predicted octanol–water partition coefficient (Wildman–Crippen LogP) is 1.13. The van der Waals surface area contributed by atoms with Gasteiger partial charge in [0.2, 0.25) is 0 Å². The zero-order valence-electron chi connectivity index (χ0n) is 9.68. The molecule has 1 rings (SSSR count). The maximum atomic E-state index is 5.88. The molecule has 0 bridgehead atoms. The smallest absolute Gasteiger partial charge is 0.0667 e. The summed E-state index contributed by atoms with van der Waals surface area (Å²) in [6.07, 6.45) is 4.07. The molecule has 3 N–H and O–H groups in total. The molecule has 0 radical (unpaired) electrons. The molecule has 0 aromatic rings. The van der Waals surface area contributed by atoms with Gasteiger partial charge >= 0.3 is 0 Å². The van der Waals surface area contributed by atoms with Crippen LogP contribution < -0.4 is 11.1 Å². The van der Waals surface area contributed by atoms with Crippen LogP contribution in [-0.4, -0.2) is 31.8 Å². The molecule has 3 unspecified atom stereocenters. The Bertz CT molecular complexity index is 175. The fourth-order valence-corrected chi connectivity index (χ4v) is 2.31. The second-order valence-corrected chi connectivity index (χ2v) is 4.58. The zero-order chi connectivity index (χ0) is 10.6. The molecule has 3 nitrogen and oxygen atoms in total. The molecule has 0 heterocycles. The SMILES string of the molecule is COC(C)CNC1(CN)CCCC1C. The largest absolute Gasteiger partial charge is 0.380 e. The van der Waals surface area contributed by atoms with E-state index in [9.17, 15) is 0 Å². The lowest BCUT2D eigenvalue weighted by atomic mass is 9.88. The van der Waals surface area contributed by atoms with Crippen LogP contribution in [0.5, 0.6) is 0 Å². The Morgan fingerprint density at radius 3 is 2.79 bits per heavy atom. The van der Waals surface area contributed by atoms with E-state index < -0.39 is 0 Å². The van der Waals surface area contributed by atoms with E-state index in [1.807, 2.05) is 0 Å². The van der Waals surface area contributed by atoms with Crippen molar-refractivity contribution in [2.24, 2.45) is 11.7 Å². The molecule has 1 aliphatic carbocycles. The Labute approximate surface area is 87.4 Å². The highest BCUT2D eigenvalue weighted by Crippen LogP contribution is 2.34. The van der Waals surface area contributed by atoms with Gasteiger partial charge in [0.05, 0.1) is 6.10 Å². The second-order valence-electron chi connectivity index (χ2n) is 4.58. The van der Waals surface area contributed by atoms with Crippen molar-refractivity contribution in [3.05, 3.63) is 0 Å². The van der Waals surface area contributed by atoms with Crippen molar-refractivity contribution in [1.82, 2.24) is 5.32 Å². The topological polar surface area (TPSA) is 47.3 Å². The van der Waals surface area contributed by atoms with Gasteiger partial charge in [0.25, 0.3) is 0 Å². The summed E-state index contributed by atoms with van der Waals surface area (Å²) < 4.78 is 5.23. The number of ether oxygens (including phenoxy) is 1. The third-order valence-corrected chi connectivity index (χ3v) is 3.71. The standard InChI is InChI=1S/C11H24N2O/c1-9-5-4-6-11(9,8-12)13-7-10(2)14-3/h9-10,13H,4-8,12H2,1-3H3. The summed E-state index contributed by atoms with van der Waals surface area (Å²) >= 11 is 0. The monoisotopic (exact) mass is 200 g/mol. The van der Waals surface area contributed by atoms with Gasteiger partial charge in [0.15, 0.2) is 0 Å². The van der Waals surface area contributed by atoms with Gasteiger partial charge in [-0.3, -0.25) is 0 Å². The minimum Gasteiger partial charge on any atom is -0.380 e. The van der Waals surface area contributed by atoms with Crippen LogP contribution in [0, 0.1) is 5.92 Å². The molecule has 0 amide bonds. The Morgan fingerprint density at radius 2 is 2.36 bits per heavy atom. The molecular weight excluding hydrogens is 176 g/mol. The first-order chi connectivity index (χ1) is 6.64. The number of hydrogen-bond acceptors (Lipinski definition) is 3. The summed E-state index contributed by atoms with van der Waals surface area (Å²) in [6.45, 7) is 6.02. The Kier molecular flexibility index (Phi) is 4.35. The van der Waals surface area contributed by atoms with Crippen LogP contribution in [0.3, 0.4) is 0 Å². The van der Waals surface area contributed by atoms with Crippen molar-refractivity contribution >= 4 is 0 Å². The van der Waals surface area contributed by atoms with Crippen LogP contribution in [0.4, 0.5) is 0 Å². The van der Waals surface area contributed by atoms with Crippen molar-refractivity contribution in [2.75, 3.05) is 20.2 Å². The van der Waals surface area contributed by atoms with Crippen LogP contribution in [0.2, 0.25) is 0 Å². The first-order valence-corrected chi connectivity index (χ1v) is 5.62. The molecule has 0 spiro atoms. The van der Waals surface area contributed by atoms with E-state index in [1.54, 1.807) is 7.11 Å². The van der Waals surface area contributed by atoms with Crippen LogP contribution in [0.15, 0.2) is 0 Å². The fraction of sp³-hybridized carbons (Fsp3) is 1.00. The van der Waals surface area contributed by atoms with Crippen molar-refractivity contribution in [3.63, 3.8) is 0 Å². The number of methoxy groups -OCH3 is 1. The van der Waals surface area contributed by atoms with Crippen molar-refractivity contribution in [2.45, 2.75) is 44.8 Å². The van der Waals surface area contributed by atoms with Gasteiger partial charge in [-0.2, -0.15) is 0 Å². The molecular formula is C11H24N2O. The molecule has 0 aromatic heterocycles. The first kappa shape index (κ1) is 12.0. The van der Waals surface area contributed by atoms with E-state index in [-0.39, 0.29) is 11.6 Å². The summed E-state index contributed by atoms with van der Waals surface area (Å²) in [6, 6.07) is 0. The van der Waals surface area contributed by atoms with Crippen LogP contribution in [-0.2, 0) is 4.74 Å². The highest BCUT2D eigenvalue weighted by molar-refractivity contribution is 4.98. The number of hydrogen-bond donors (Lipinski definition) is 2. The van der Waals surface area contributed by atoms with Crippen LogP contribution in [0.1, 0.15) is 33.1 Å². The molecule has 14 heavy (non-hydrogen) atoms. The summed E-state index contributed by atoms with van der Waals surface area (Å²) in [5.74, 6) is 0.691. The number of nitrogens with one attached hydrogen (secondary N) is 1. The van der Waals surface area contributed by atoms with Gasteiger partial charge in [-0.1, -0.05) is 13.3 Å². The normalized spacial score (nSPS) is 34.7. The molecule has 84 valence electrons. The Morgan fingerprint density at radius 1 is 1.64 bits per heavy atom. The van der Waals surface area contributed by atoms with Crippen LogP contribution in [0.25, 0.3) is 0 Å².